The van der Waals surface area contributed by atoms with Crippen LogP contribution in [0.3, 0.4) is 0 Å². The molecule has 0 unspecified atom stereocenters. The molecule has 3 heteroatoms. The SMILES string of the molecule is OC1(O)CC(c2ccc(S)cc2)C1. The number of aliphatic hydroxyl groups is 2. The molecule has 1 aliphatic carbocycles. The summed E-state index contributed by atoms with van der Waals surface area (Å²) >= 11 is 4.18. The Hall–Kier alpha value is -0.510. The second-order valence-electron chi connectivity index (χ2n) is 3.68. The Bertz CT molecular complexity index is 297. The molecule has 2 nitrogen and oxygen atoms in total. The summed E-state index contributed by atoms with van der Waals surface area (Å²) in [6.07, 6.45) is 0.887. The molecular weight excluding hydrogens is 184 g/mol. The van der Waals surface area contributed by atoms with Crippen LogP contribution in [0.2, 0.25) is 0 Å². The Morgan fingerprint density at radius 2 is 1.69 bits per heavy atom. The number of benzene rings is 1. The quantitative estimate of drug-likeness (QED) is 0.471. The Morgan fingerprint density at radius 3 is 2.15 bits per heavy atom. The van der Waals surface area contributed by atoms with E-state index < -0.39 is 5.79 Å². The van der Waals surface area contributed by atoms with Gasteiger partial charge < -0.3 is 10.2 Å². The van der Waals surface area contributed by atoms with Gasteiger partial charge in [0, 0.05) is 17.7 Å². The molecule has 0 aromatic heterocycles. The van der Waals surface area contributed by atoms with Crippen LogP contribution >= 0.6 is 12.6 Å². The summed E-state index contributed by atoms with van der Waals surface area (Å²) in [4.78, 5) is 0.933. The molecule has 0 radical (unpaired) electrons. The van der Waals surface area contributed by atoms with E-state index in [9.17, 15) is 0 Å². The van der Waals surface area contributed by atoms with E-state index in [1.807, 2.05) is 24.3 Å². The van der Waals surface area contributed by atoms with Gasteiger partial charge >= 0.3 is 0 Å². The normalized spacial score (nSPS) is 21.2. The molecule has 1 aliphatic rings. The van der Waals surface area contributed by atoms with Gasteiger partial charge in [0.1, 0.15) is 0 Å². The van der Waals surface area contributed by atoms with Crippen LogP contribution in [-0.4, -0.2) is 16.0 Å². The summed E-state index contributed by atoms with van der Waals surface area (Å²) in [7, 11) is 0. The molecule has 0 amide bonds. The fourth-order valence-electron chi connectivity index (χ4n) is 1.71. The lowest BCUT2D eigenvalue weighted by atomic mass is 9.75. The lowest BCUT2D eigenvalue weighted by Gasteiger charge is -2.39. The van der Waals surface area contributed by atoms with Crippen LogP contribution in [0, 0.1) is 0 Å². The molecule has 1 saturated carbocycles. The van der Waals surface area contributed by atoms with Crippen molar-refractivity contribution in [2.24, 2.45) is 0 Å². The highest BCUT2D eigenvalue weighted by Crippen LogP contribution is 2.42. The predicted molar refractivity (Wildman–Crippen MR) is 52.8 cm³/mol. The standard InChI is InChI=1S/C10H12O2S/c11-10(12)5-8(6-10)7-1-3-9(13)4-2-7/h1-4,8,11-13H,5-6H2. The van der Waals surface area contributed by atoms with Gasteiger partial charge in [-0.3, -0.25) is 0 Å². The summed E-state index contributed by atoms with van der Waals surface area (Å²) in [6.45, 7) is 0. The molecule has 0 aliphatic heterocycles. The van der Waals surface area contributed by atoms with Crippen LogP contribution in [0.15, 0.2) is 29.2 Å². The van der Waals surface area contributed by atoms with E-state index in [1.54, 1.807) is 0 Å². The first kappa shape index (κ1) is 9.06. The third-order valence-electron chi connectivity index (χ3n) is 2.51. The number of hydrogen-bond acceptors (Lipinski definition) is 3. The van der Waals surface area contributed by atoms with Gasteiger partial charge in [-0.25, -0.2) is 0 Å². The lowest BCUT2D eigenvalue weighted by molar-refractivity contribution is -0.220. The van der Waals surface area contributed by atoms with Gasteiger partial charge in [-0.2, -0.15) is 0 Å². The molecule has 0 spiro atoms. The Balaban J connectivity index is 2.08. The predicted octanol–water partition coefficient (Wildman–Crippen LogP) is 1.53. The third-order valence-corrected chi connectivity index (χ3v) is 2.81. The van der Waals surface area contributed by atoms with Crippen molar-refractivity contribution in [2.45, 2.75) is 29.4 Å². The van der Waals surface area contributed by atoms with E-state index in [1.165, 1.54) is 0 Å². The van der Waals surface area contributed by atoms with Gasteiger partial charge in [0.05, 0.1) is 0 Å². The zero-order valence-corrected chi connectivity index (χ0v) is 8.04. The van der Waals surface area contributed by atoms with Crippen LogP contribution in [0.25, 0.3) is 0 Å². The van der Waals surface area contributed by atoms with Crippen molar-refractivity contribution in [1.29, 1.82) is 0 Å². The van der Waals surface area contributed by atoms with Crippen molar-refractivity contribution in [3.8, 4) is 0 Å². The van der Waals surface area contributed by atoms with Crippen molar-refractivity contribution in [2.75, 3.05) is 0 Å². The first-order valence-electron chi connectivity index (χ1n) is 4.30. The van der Waals surface area contributed by atoms with Gasteiger partial charge in [0.2, 0.25) is 0 Å². The maximum absolute atomic E-state index is 9.14. The average Bonchev–Trinajstić information content (AvgIpc) is 2.01. The van der Waals surface area contributed by atoms with E-state index in [0.717, 1.165) is 10.5 Å². The molecule has 0 bridgehead atoms. The topological polar surface area (TPSA) is 40.5 Å². The third kappa shape index (κ3) is 1.88. The van der Waals surface area contributed by atoms with Crippen LogP contribution in [-0.2, 0) is 0 Å². The van der Waals surface area contributed by atoms with Gasteiger partial charge in [-0.1, -0.05) is 12.1 Å². The molecule has 0 saturated heterocycles. The Kier molecular flexibility index (Phi) is 2.10. The number of hydrogen-bond donors (Lipinski definition) is 3. The van der Waals surface area contributed by atoms with Gasteiger partial charge in [-0.15, -0.1) is 12.6 Å². The smallest absolute Gasteiger partial charge is 0.163 e. The Morgan fingerprint density at radius 1 is 1.15 bits per heavy atom. The van der Waals surface area contributed by atoms with E-state index in [2.05, 4.69) is 12.6 Å². The highest BCUT2D eigenvalue weighted by atomic mass is 32.1. The first-order chi connectivity index (χ1) is 6.07. The minimum atomic E-state index is -1.43. The van der Waals surface area contributed by atoms with Gasteiger partial charge in [0.15, 0.2) is 5.79 Å². The Labute approximate surface area is 82.6 Å². The van der Waals surface area contributed by atoms with E-state index >= 15 is 0 Å². The molecule has 2 rings (SSSR count). The molecule has 1 aromatic carbocycles. The maximum Gasteiger partial charge on any atom is 0.163 e. The van der Waals surface area contributed by atoms with Crippen molar-refractivity contribution >= 4 is 12.6 Å². The average molecular weight is 196 g/mol. The van der Waals surface area contributed by atoms with E-state index in [-0.39, 0.29) is 0 Å². The van der Waals surface area contributed by atoms with E-state index in [0.29, 0.717) is 18.8 Å². The highest BCUT2D eigenvalue weighted by Gasteiger charge is 2.41. The molecule has 13 heavy (non-hydrogen) atoms. The minimum Gasteiger partial charge on any atom is -0.366 e. The maximum atomic E-state index is 9.14. The largest absolute Gasteiger partial charge is 0.366 e. The van der Waals surface area contributed by atoms with Crippen LogP contribution < -0.4 is 0 Å². The zero-order chi connectivity index (χ0) is 9.47. The molecule has 2 N–H and O–H groups in total. The summed E-state index contributed by atoms with van der Waals surface area (Å²) in [6, 6.07) is 7.82. The lowest BCUT2D eigenvalue weighted by Crippen LogP contribution is -2.42. The molecule has 1 fully saturated rings. The molecule has 1 aromatic rings. The molecule has 70 valence electrons. The molecule has 0 heterocycles. The minimum absolute atomic E-state index is 0.295. The van der Waals surface area contributed by atoms with Gasteiger partial charge in [-0.05, 0) is 23.6 Å². The fraction of sp³-hybridized carbons (Fsp3) is 0.400. The van der Waals surface area contributed by atoms with Crippen LogP contribution in [0.5, 0.6) is 0 Å². The number of thiol groups is 1. The second-order valence-corrected chi connectivity index (χ2v) is 4.20. The van der Waals surface area contributed by atoms with Crippen LogP contribution in [0.4, 0.5) is 0 Å². The monoisotopic (exact) mass is 196 g/mol. The van der Waals surface area contributed by atoms with Crippen molar-refractivity contribution in [1.82, 2.24) is 0 Å². The van der Waals surface area contributed by atoms with Gasteiger partial charge in [0.25, 0.3) is 0 Å². The second kappa shape index (κ2) is 3.01. The van der Waals surface area contributed by atoms with Crippen molar-refractivity contribution < 1.29 is 10.2 Å². The van der Waals surface area contributed by atoms with Crippen LogP contribution in [0.1, 0.15) is 24.3 Å². The van der Waals surface area contributed by atoms with Crippen molar-refractivity contribution in [3.05, 3.63) is 29.8 Å². The summed E-state index contributed by atoms with van der Waals surface area (Å²) in [5.74, 6) is -1.13. The number of rotatable bonds is 1. The fourth-order valence-corrected chi connectivity index (χ4v) is 1.86. The molecule has 0 atom stereocenters. The summed E-state index contributed by atoms with van der Waals surface area (Å²) < 4.78 is 0. The van der Waals surface area contributed by atoms with Crippen molar-refractivity contribution in [3.63, 3.8) is 0 Å². The zero-order valence-electron chi connectivity index (χ0n) is 7.14. The summed E-state index contributed by atoms with van der Waals surface area (Å²) in [5, 5.41) is 18.3. The summed E-state index contributed by atoms with van der Waals surface area (Å²) in [5.41, 5.74) is 1.16. The highest BCUT2D eigenvalue weighted by molar-refractivity contribution is 7.80. The first-order valence-corrected chi connectivity index (χ1v) is 4.75. The van der Waals surface area contributed by atoms with E-state index in [4.69, 9.17) is 10.2 Å². The molecular formula is C10H12O2S.